The molecule has 1 aliphatic carbocycles. The van der Waals surface area contributed by atoms with E-state index in [1.54, 1.807) is 0 Å². The van der Waals surface area contributed by atoms with E-state index >= 15 is 0 Å². The molecule has 0 spiro atoms. The standard InChI is InChI=1S/C55H34N4/c56-35-36-25-30-48-50(31-36)55(45-19-3-1-4-20-45,46-21-5-2-6-22-46)49-24-12-23-47(51(48)49)41-17-11-18-42(34-41)52-57-53(43-28-26-37-13-7-9-15-39(37)32-43)59-54(58-52)44-29-27-38-14-8-10-16-40(38)33-44/h1-34H. The van der Waals surface area contributed by atoms with Gasteiger partial charge in [0, 0.05) is 16.7 Å². The molecule has 0 radical (unpaired) electrons. The molecular formula is C55H34N4. The predicted octanol–water partition coefficient (Wildman–Crippen LogP) is 13.1. The molecule has 4 nitrogen and oxygen atoms in total. The zero-order chi connectivity index (χ0) is 39.3. The zero-order valence-corrected chi connectivity index (χ0v) is 31.9. The van der Waals surface area contributed by atoms with Crippen LogP contribution in [0.25, 0.3) is 78.0 Å². The topological polar surface area (TPSA) is 62.5 Å². The van der Waals surface area contributed by atoms with Gasteiger partial charge in [0.1, 0.15) is 0 Å². The molecule has 274 valence electrons. The Morgan fingerprint density at radius 3 is 1.44 bits per heavy atom. The first-order valence-electron chi connectivity index (χ1n) is 19.8. The monoisotopic (exact) mass is 750 g/mol. The maximum absolute atomic E-state index is 10.2. The van der Waals surface area contributed by atoms with Crippen LogP contribution in [0.4, 0.5) is 0 Å². The summed E-state index contributed by atoms with van der Waals surface area (Å²) in [6, 6.07) is 74.6. The van der Waals surface area contributed by atoms with Crippen LogP contribution >= 0.6 is 0 Å². The number of aromatic nitrogens is 3. The molecule has 1 heterocycles. The largest absolute Gasteiger partial charge is 0.208 e. The van der Waals surface area contributed by atoms with Gasteiger partial charge in [0.25, 0.3) is 0 Å². The number of nitrogens with zero attached hydrogens (tertiary/aromatic N) is 4. The second-order valence-electron chi connectivity index (χ2n) is 15.1. The molecule has 0 N–H and O–H groups in total. The SMILES string of the molecule is N#Cc1ccc2c(c1)C(c1ccccc1)(c1ccccc1)c1cccc(-c3cccc(-c4nc(-c5ccc6ccccc6c5)nc(-c5ccc6ccccc6c5)n4)c3)c1-2. The predicted molar refractivity (Wildman–Crippen MR) is 239 cm³/mol. The van der Waals surface area contributed by atoms with Gasteiger partial charge in [-0.1, -0.05) is 176 Å². The van der Waals surface area contributed by atoms with Crippen LogP contribution in [-0.4, -0.2) is 15.0 Å². The average Bonchev–Trinajstić information content (AvgIpc) is 3.62. The molecule has 0 aliphatic heterocycles. The minimum atomic E-state index is -0.634. The van der Waals surface area contributed by atoms with Crippen LogP contribution in [0, 0.1) is 11.3 Å². The maximum atomic E-state index is 10.2. The number of rotatable bonds is 6. The Kier molecular flexibility index (Phi) is 8.06. The number of hydrogen-bond donors (Lipinski definition) is 0. The number of nitriles is 1. The van der Waals surface area contributed by atoms with Gasteiger partial charge >= 0.3 is 0 Å². The Morgan fingerprint density at radius 1 is 0.356 bits per heavy atom. The first-order chi connectivity index (χ1) is 29.2. The number of fused-ring (bicyclic) bond motifs is 5. The van der Waals surface area contributed by atoms with Crippen LogP contribution in [0.5, 0.6) is 0 Å². The van der Waals surface area contributed by atoms with Crippen molar-refractivity contribution in [2.75, 3.05) is 0 Å². The second kappa shape index (κ2) is 13.9. The van der Waals surface area contributed by atoms with Crippen LogP contribution in [0.3, 0.4) is 0 Å². The lowest BCUT2D eigenvalue weighted by Gasteiger charge is -2.34. The normalized spacial score (nSPS) is 12.5. The zero-order valence-electron chi connectivity index (χ0n) is 31.9. The van der Waals surface area contributed by atoms with Gasteiger partial charge in [-0.05, 0) is 96.4 Å². The molecule has 0 amide bonds. The van der Waals surface area contributed by atoms with Gasteiger partial charge in [-0.25, -0.2) is 15.0 Å². The van der Waals surface area contributed by atoms with Crippen molar-refractivity contribution in [2.24, 2.45) is 0 Å². The summed E-state index contributed by atoms with van der Waals surface area (Å²) in [6.07, 6.45) is 0. The third-order valence-electron chi connectivity index (χ3n) is 11.8. The quantitative estimate of drug-likeness (QED) is 0.170. The minimum absolute atomic E-state index is 0.600. The van der Waals surface area contributed by atoms with Crippen molar-refractivity contribution in [2.45, 2.75) is 5.41 Å². The van der Waals surface area contributed by atoms with Crippen LogP contribution in [0.1, 0.15) is 27.8 Å². The second-order valence-corrected chi connectivity index (χ2v) is 15.1. The third-order valence-corrected chi connectivity index (χ3v) is 11.8. The molecule has 9 aromatic carbocycles. The molecule has 0 saturated heterocycles. The van der Waals surface area contributed by atoms with Crippen LogP contribution in [0.2, 0.25) is 0 Å². The van der Waals surface area contributed by atoms with Gasteiger partial charge in [-0.3, -0.25) is 0 Å². The Labute approximate surface area is 342 Å². The van der Waals surface area contributed by atoms with Gasteiger partial charge in [0.2, 0.25) is 0 Å². The first kappa shape index (κ1) is 34.3. The summed E-state index contributed by atoms with van der Waals surface area (Å²) < 4.78 is 0. The minimum Gasteiger partial charge on any atom is -0.208 e. The maximum Gasteiger partial charge on any atom is 0.164 e. The molecule has 0 bridgehead atoms. The van der Waals surface area contributed by atoms with Crippen molar-refractivity contribution < 1.29 is 0 Å². The smallest absolute Gasteiger partial charge is 0.164 e. The van der Waals surface area contributed by atoms with E-state index in [2.05, 4.69) is 206 Å². The van der Waals surface area contributed by atoms with Crippen molar-refractivity contribution in [1.82, 2.24) is 15.0 Å². The van der Waals surface area contributed by atoms with Crippen LogP contribution < -0.4 is 0 Å². The van der Waals surface area contributed by atoms with Crippen molar-refractivity contribution in [1.29, 1.82) is 5.26 Å². The van der Waals surface area contributed by atoms with Crippen molar-refractivity contribution in [3.05, 3.63) is 234 Å². The van der Waals surface area contributed by atoms with E-state index in [4.69, 9.17) is 15.0 Å². The Bertz CT molecular complexity index is 3150. The summed E-state index contributed by atoms with van der Waals surface area (Å²) in [5.41, 5.74) is 11.8. The summed E-state index contributed by atoms with van der Waals surface area (Å²) in [6.45, 7) is 0. The summed E-state index contributed by atoms with van der Waals surface area (Å²) in [7, 11) is 0. The Balaban J connectivity index is 1.12. The summed E-state index contributed by atoms with van der Waals surface area (Å²) >= 11 is 0. The molecule has 0 atom stereocenters. The molecule has 4 heteroatoms. The molecule has 0 unspecified atom stereocenters. The third kappa shape index (κ3) is 5.63. The van der Waals surface area contributed by atoms with E-state index in [0.29, 0.717) is 23.0 Å². The van der Waals surface area contributed by atoms with Gasteiger partial charge in [-0.15, -0.1) is 0 Å². The van der Waals surface area contributed by atoms with E-state index < -0.39 is 5.41 Å². The molecule has 10 aromatic rings. The fourth-order valence-corrected chi connectivity index (χ4v) is 9.09. The average molecular weight is 751 g/mol. The fraction of sp³-hybridized carbons (Fsp3) is 0.0182. The fourth-order valence-electron chi connectivity index (χ4n) is 9.09. The molecule has 0 fully saturated rings. The molecule has 11 rings (SSSR count). The highest BCUT2D eigenvalue weighted by atomic mass is 15.0. The van der Waals surface area contributed by atoms with Crippen LogP contribution in [0.15, 0.2) is 206 Å². The van der Waals surface area contributed by atoms with Crippen molar-refractivity contribution >= 4 is 21.5 Å². The van der Waals surface area contributed by atoms with Gasteiger partial charge in [0.05, 0.1) is 17.0 Å². The van der Waals surface area contributed by atoms with Crippen molar-refractivity contribution in [3.8, 4) is 62.5 Å². The van der Waals surface area contributed by atoms with Crippen molar-refractivity contribution in [3.63, 3.8) is 0 Å². The molecule has 1 aliphatic rings. The molecule has 0 saturated carbocycles. The lowest BCUT2D eigenvalue weighted by atomic mass is 9.67. The molecule has 1 aromatic heterocycles. The van der Waals surface area contributed by atoms with Gasteiger partial charge < -0.3 is 0 Å². The lowest BCUT2D eigenvalue weighted by molar-refractivity contribution is 0.768. The summed E-state index contributed by atoms with van der Waals surface area (Å²) in [5, 5.41) is 14.8. The van der Waals surface area contributed by atoms with Crippen LogP contribution in [-0.2, 0) is 5.41 Å². The summed E-state index contributed by atoms with van der Waals surface area (Å²) in [5.74, 6) is 1.84. The Hall–Kier alpha value is -8.00. The van der Waals surface area contributed by atoms with E-state index in [1.165, 1.54) is 5.56 Å². The Morgan fingerprint density at radius 2 is 0.864 bits per heavy atom. The number of hydrogen-bond acceptors (Lipinski definition) is 4. The molecule has 59 heavy (non-hydrogen) atoms. The summed E-state index contributed by atoms with van der Waals surface area (Å²) in [4.78, 5) is 15.5. The van der Waals surface area contributed by atoms with E-state index in [1.807, 2.05) is 6.07 Å². The number of benzene rings is 9. The highest BCUT2D eigenvalue weighted by Gasteiger charge is 2.47. The molecular weight excluding hydrogens is 717 g/mol. The van der Waals surface area contributed by atoms with Gasteiger partial charge in [0.15, 0.2) is 17.5 Å². The van der Waals surface area contributed by atoms with E-state index in [9.17, 15) is 5.26 Å². The lowest BCUT2D eigenvalue weighted by Crippen LogP contribution is -2.28. The van der Waals surface area contributed by atoms with Gasteiger partial charge in [-0.2, -0.15) is 5.26 Å². The van der Waals surface area contributed by atoms with E-state index in [-0.39, 0.29) is 0 Å². The van der Waals surface area contributed by atoms with E-state index in [0.717, 1.165) is 77.2 Å². The first-order valence-corrected chi connectivity index (χ1v) is 19.8. The highest BCUT2D eigenvalue weighted by Crippen LogP contribution is 2.58. The highest BCUT2D eigenvalue weighted by molar-refractivity contribution is 5.96.